The number of hydrogen-bond donors (Lipinski definition) is 1. The monoisotopic (exact) mass is 533 g/mol. The van der Waals surface area contributed by atoms with Gasteiger partial charge in [-0.3, -0.25) is 9.59 Å². The van der Waals surface area contributed by atoms with E-state index in [-0.39, 0.29) is 5.41 Å². The van der Waals surface area contributed by atoms with E-state index in [9.17, 15) is 9.59 Å². The maximum absolute atomic E-state index is 13.5. The summed E-state index contributed by atoms with van der Waals surface area (Å²) in [5.41, 5.74) is 1.44. The predicted octanol–water partition coefficient (Wildman–Crippen LogP) is 7.99. The summed E-state index contributed by atoms with van der Waals surface area (Å²) in [4.78, 5) is 25.8. The minimum atomic E-state index is -0.180. The molecule has 5 aliphatic carbocycles. The Kier molecular flexibility index (Phi) is 7.96. The summed E-state index contributed by atoms with van der Waals surface area (Å²) in [6.45, 7) is 5.40. The Morgan fingerprint density at radius 1 is 0.974 bits per heavy atom. The van der Waals surface area contributed by atoms with Crippen LogP contribution in [0.1, 0.15) is 128 Å². The van der Waals surface area contributed by atoms with Crippen molar-refractivity contribution in [2.24, 2.45) is 34.5 Å². The van der Waals surface area contributed by atoms with E-state index in [1.165, 1.54) is 50.5 Å². The molecule has 39 heavy (non-hydrogen) atoms. The molecule has 0 aromatic heterocycles. The number of rotatable bonds is 8. The quantitative estimate of drug-likeness (QED) is 0.368. The third-order valence-electron chi connectivity index (χ3n) is 12.5. The summed E-state index contributed by atoms with van der Waals surface area (Å²) in [6.07, 6.45) is 17.7. The first-order valence-electron chi connectivity index (χ1n) is 16.5. The number of ether oxygens (including phenoxy) is 1. The van der Waals surface area contributed by atoms with Crippen LogP contribution in [-0.2, 0) is 9.59 Å². The molecule has 0 bridgehead atoms. The van der Waals surface area contributed by atoms with Gasteiger partial charge in [0.15, 0.2) is 0 Å². The van der Waals surface area contributed by atoms with Crippen LogP contribution in [-0.4, -0.2) is 24.2 Å². The molecule has 0 amide bonds. The molecule has 6 rings (SSSR count). The minimum Gasteiger partial charge on any atom is -0.494 e. The van der Waals surface area contributed by atoms with Crippen LogP contribution in [0.4, 0.5) is 0 Å². The third kappa shape index (κ3) is 5.13. The molecule has 5 saturated carbocycles. The van der Waals surface area contributed by atoms with Crippen molar-refractivity contribution in [3.63, 3.8) is 0 Å². The zero-order valence-electron chi connectivity index (χ0n) is 24.5. The number of ketones is 2. The molecule has 5 aliphatic rings. The van der Waals surface area contributed by atoms with Crippen molar-refractivity contribution in [1.29, 1.82) is 0 Å². The summed E-state index contributed by atoms with van der Waals surface area (Å²) in [6, 6.07) is 9.71. The van der Waals surface area contributed by atoms with Gasteiger partial charge in [0.25, 0.3) is 0 Å². The average molecular weight is 534 g/mol. The van der Waals surface area contributed by atoms with Crippen LogP contribution in [0.5, 0.6) is 5.75 Å². The lowest BCUT2D eigenvalue weighted by Gasteiger charge is -2.59. The molecule has 1 N–H and O–H groups in total. The largest absolute Gasteiger partial charge is 0.494 e. The van der Waals surface area contributed by atoms with Crippen LogP contribution in [0, 0.1) is 34.5 Å². The fourth-order valence-electron chi connectivity index (χ4n) is 10.3. The Morgan fingerprint density at radius 3 is 2.64 bits per heavy atom. The van der Waals surface area contributed by atoms with Crippen LogP contribution < -0.4 is 10.1 Å². The number of nitrogens with one attached hydrogen (secondary N) is 1. The van der Waals surface area contributed by atoms with Gasteiger partial charge in [0, 0.05) is 36.8 Å². The number of fused-ring (bicyclic) bond motifs is 5. The molecule has 7 atom stereocenters. The van der Waals surface area contributed by atoms with E-state index in [2.05, 4.69) is 43.4 Å². The number of Topliss-reactive ketones (excluding diaryl/α,β-unsaturated/α-hetero) is 2. The van der Waals surface area contributed by atoms with Gasteiger partial charge in [-0.1, -0.05) is 45.2 Å². The van der Waals surface area contributed by atoms with Gasteiger partial charge in [0.1, 0.15) is 17.3 Å². The van der Waals surface area contributed by atoms with E-state index in [0.29, 0.717) is 59.3 Å². The molecular formula is C35H51NO3. The highest BCUT2D eigenvalue weighted by atomic mass is 16.5. The van der Waals surface area contributed by atoms with E-state index < -0.39 is 0 Å². The second-order valence-electron chi connectivity index (χ2n) is 14.2. The van der Waals surface area contributed by atoms with Gasteiger partial charge in [-0.15, -0.1) is 0 Å². The first-order valence-corrected chi connectivity index (χ1v) is 16.5. The van der Waals surface area contributed by atoms with Crippen LogP contribution in [0.3, 0.4) is 0 Å². The molecule has 0 heterocycles. The summed E-state index contributed by atoms with van der Waals surface area (Å²) < 4.78 is 6.42. The number of hydrogen-bond acceptors (Lipinski definition) is 4. The lowest BCUT2D eigenvalue weighted by molar-refractivity contribution is -0.147. The number of carbonyl (C=O) groups is 2. The summed E-state index contributed by atoms with van der Waals surface area (Å²) in [5.74, 6) is 4.36. The lowest BCUT2D eigenvalue weighted by Crippen LogP contribution is -2.54. The van der Waals surface area contributed by atoms with Crippen molar-refractivity contribution >= 4 is 11.6 Å². The SMILES string of the molecule is CC[C@@H](NC1CCCCC1)c1cccc(OCC[C@]23CCC4C(CCC5CC(=O)CC[C@@]54C)C2CCC3=O)c1. The molecular weight excluding hydrogens is 482 g/mol. The van der Waals surface area contributed by atoms with Crippen LogP contribution in [0.2, 0.25) is 0 Å². The Balaban J connectivity index is 1.11. The molecule has 0 saturated heterocycles. The van der Waals surface area contributed by atoms with E-state index in [1.54, 1.807) is 0 Å². The zero-order chi connectivity index (χ0) is 27.0. The number of carbonyl (C=O) groups excluding carboxylic acids is 2. The summed E-state index contributed by atoms with van der Waals surface area (Å²) in [5, 5.41) is 3.92. The Hall–Kier alpha value is -1.68. The summed E-state index contributed by atoms with van der Waals surface area (Å²) >= 11 is 0. The lowest BCUT2D eigenvalue weighted by atomic mass is 9.45. The maximum atomic E-state index is 13.5. The first kappa shape index (κ1) is 27.5. The number of benzene rings is 1. The van der Waals surface area contributed by atoms with Crippen LogP contribution in [0.15, 0.2) is 24.3 Å². The highest BCUT2D eigenvalue weighted by Crippen LogP contribution is 2.66. The Morgan fingerprint density at radius 2 is 1.82 bits per heavy atom. The van der Waals surface area contributed by atoms with Gasteiger partial charge in [0.2, 0.25) is 0 Å². The minimum absolute atomic E-state index is 0.180. The van der Waals surface area contributed by atoms with E-state index in [1.807, 2.05) is 0 Å². The molecule has 1 aromatic rings. The Labute approximate surface area is 236 Å². The molecule has 0 aliphatic heterocycles. The van der Waals surface area contributed by atoms with Gasteiger partial charge < -0.3 is 10.1 Å². The molecule has 4 heteroatoms. The zero-order valence-corrected chi connectivity index (χ0v) is 24.5. The van der Waals surface area contributed by atoms with Gasteiger partial charge >= 0.3 is 0 Å². The van der Waals surface area contributed by atoms with Gasteiger partial charge in [-0.2, -0.15) is 0 Å². The van der Waals surface area contributed by atoms with Crippen LogP contribution in [0.25, 0.3) is 0 Å². The summed E-state index contributed by atoms with van der Waals surface area (Å²) in [7, 11) is 0. The van der Waals surface area contributed by atoms with Crippen molar-refractivity contribution in [3.05, 3.63) is 29.8 Å². The molecule has 0 radical (unpaired) electrons. The van der Waals surface area contributed by atoms with Crippen LogP contribution >= 0.6 is 0 Å². The topological polar surface area (TPSA) is 55.4 Å². The van der Waals surface area contributed by atoms with Crippen molar-refractivity contribution in [2.45, 2.75) is 129 Å². The van der Waals surface area contributed by atoms with Crippen molar-refractivity contribution in [1.82, 2.24) is 5.32 Å². The smallest absolute Gasteiger partial charge is 0.139 e. The molecule has 0 spiro atoms. The van der Waals surface area contributed by atoms with E-state index >= 15 is 0 Å². The molecule has 4 nitrogen and oxygen atoms in total. The van der Waals surface area contributed by atoms with Crippen molar-refractivity contribution in [2.75, 3.05) is 6.61 Å². The maximum Gasteiger partial charge on any atom is 0.139 e. The fourth-order valence-corrected chi connectivity index (χ4v) is 10.3. The molecule has 4 unspecified atom stereocenters. The second-order valence-corrected chi connectivity index (χ2v) is 14.2. The van der Waals surface area contributed by atoms with Crippen molar-refractivity contribution in [3.8, 4) is 5.75 Å². The standard InChI is InChI=1S/C35H51NO3/c1-3-32(36-26-9-5-4-6-10-26)24-8-7-11-28(22-24)39-21-20-35-19-17-30-29(31(35)14-15-33(35)38)13-12-25-23-27(37)16-18-34(25,30)2/h7-8,11,22,25-26,29-32,36H,3-6,9-10,12-21,23H2,1-2H3/t25?,29?,30?,31?,32-,34+,35-/m1/s1. The second kappa shape index (κ2) is 11.3. The first-order chi connectivity index (χ1) is 18.9. The van der Waals surface area contributed by atoms with Crippen molar-refractivity contribution < 1.29 is 14.3 Å². The van der Waals surface area contributed by atoms with Gasteiger partial charge in [-0.25, -0.2) is 0 Å². The molecule has 5 fully saturated rings. The highest BCUT2D eigenvalue weighted by molar-refractivity contribution is 5.87. The molecule has 1 aromatic carbocycles. The van der Waals surface area contributed by atoms with Gasteiger partial charge in [-0.05, 0) is 111 Å². The van der Waals surface area contributed by atoms with Gasteiger partial charge in [0.05, 0.1) is 6.61 Å². The van der Waals surface area contributed by atoms with E-state index in [0.717, 1.165) is 63.5 Å². The predicted molar refractivity (Wildman–Crippen MR) is 156 cm³/mol. The highest BCUT2D eigenvalue weighted by Gasteiger charge is 2.61. The third-order valence-corrected chi connectivity index (χ3v) is 12.5. The van der Waals surface area contributed by atoms with E-state index in [4.69, 9.17) is 4.74 Å². The Bertz CT molecular complexity index is 1050. The fraction of sp³-hybridized carbons (Fsp3) is 0.771. The normalized spacial score (nSPS) is 37.6. The average Bonchev–Trinajstić information content (AvgIpc) is 3.29. The molecule has 214 valence electrons.